The molecule has 0 spiro atoms. The molecule has 2 heterocycles. The van der Waals surface area contributed by atoms with Gasteiger partial charge in [0, 0.05) is 16.7 Å². The molecule has 0 aliphatic heterocycles. The minimum absolute atomic E-state index is 0.151. The van der Waals surface area contributed by atoms with E-state index in [9.17, 15) is 4.79 Å². The lowest BCUT2D eigenvalue weighted by Crippen LogP contribution is -2.22. The molecule has 32 heavy (non-hydrogen) atoms. The van der Waals surface area contributed by atoms with Crippen LogP contribution in [-0.4, -0.2) is 15.7 Å². The van der Waals surface area contributed by atoms with E-state index in [4.69, 9.17) is 9.52 Å². The van der Waals surface area contributed by atoms with Crippen LogP contribution in [0.2, 0.25) is 0 Å². The summed E-state index contributed by atoms with van der Waals surface area (Å²) in [5.74, 6) is 0.564. The SMILES string of the molecule is O=C(NCc1ccco1)c1ccc(-n2nc(-c3ccccc3)cc2-c2ccccc2)cc1. The zero-order valence-corrected chi connectivity index (χ0v) is 17.3. The lowest BCUT2D eigenvalue weighted by atomic mass is 10.1. The Bertz CT molecular complexity index is 1310. The standard InChI is InChI=1S/C27H21N3O2/c31-27(28-19-24-12-7-17-32-24)22-13-15-23(16-14-22)30-26(21-10-5-2-6-11-21)18-25(29-30)20-8-3-1-4-9-20/h1-18H,19H2,(H,28,31). The van der Waals surface area contributed by atoms with Crippen LogP contribution in [0.4, 0.5) is 0 Å². The lowest BCUT2D eigenvalue weighted by Gasteiger charge is -2.09. The normalized spacial score (nSPS) is 10.8. The zero-order valence-electron chi connectivity index (χ0n) is 17.3. The maximum Gasteiger partial charge on any atom is 0.251 e. The van der Waals surface area contributed by atoms with E-state index in [1.54, 1.807) is 12.3 Å². The van der Waals surface area contributed by atoms with E-state index >= 15 is 0 Å². The molecule has 0 bridgehead atoms. The van der Waals surface area contributed by atoms with Crippen LogP contribution in [0.1, 0.15) is 16.1 Å². The summed E-state index contributed by atoms with van der Waals surface area (Å²) < 4.78 is 7.18. The molecule has 5 aromatic rings. The van der Waals surface area contributed by atoms with Crippen molar-refractivity contribution in [3.8, 4) is 28.2 Å². The lowest BCUT2D eigenvalue weighted by molar-refractivity contribution is 0.0948. The van der Waals surface area contributed by atoms with Crippen LogP contribution in [0.3, 0.4) is 0 Å². The number of furan rings is 1. The molecule has 0 atom stereocenters. The van der Waals surface area contributed by atoms with Gasteiger partial charge in [-0.2, -0.15) is 5.10 Å². The topological polar surface area (TPSA) is 60.1 Å². The van der Waals surface area contributed by atoms with Gasteiger partial charge in [0.15, 0.2) is 0 Å². The second kappa shape index (κ2) is 8.78. The van der Waals surface area contributed by atoms with E-state index in [0.29, 0.717) is 17.9 Å². The number of carbonyl (C=O) groups excluding carboxylic acids is 1. The van der Waals surface area contributed by atoms with Crippen molar-refractivity contribution in [3.63, 3.8) is 0 Å². The largest absolute Gasteiger partial charge is 0.467 e. The van der Waals surface area contributed by atoms with Gasteiger partial charge >= 0.3 is 0 Å². The molecule has 0 radical (unpaired) electrons. The van der Waals surface area contributed by atoms with Gasteiger partial charge in [-0.25, -0.2) is 4.68 Å². The van der Waals surface area contributed by atoms with Gasteiger partial charge in [0.05, 0.1) is 29.9 Å². The number of amides is 1. The average Bonchev–Trinajstić information content (AvgIpc) is 3.54. The van der Waals surface area contributed by atoms with Gasteiger partial charge < -0.3 is 9.73 Å². The highest BCUT2D eigenvalue weighted by Gasteiger charge is 2.14. The number of rotatable bonds is 6. The number of aromatic nitrogens is 2. The number of benzene rings is 3. The van der Waals surface area contributed by atoms with Gasteiger partial charge in [-0.3, -0.25) is 4.79 Å². The summed E-state index contributed by atoms with van der Waals surface area (Å²) in [6, 6.07) is 33.4. The van der Waals surface area contributed by atoms with E-state index in [1.807, 2.05) is 83.5 Å². The highest BCUT2D eigenvalue weighted by molar-refractivity contribution is 5.94. The summed E-state index contributed by atoms with van der Waals surface area (Å²) in [5, 5.41) is 7.74. The summed E-state index contributed by atoms with van der Waals surface area (Å²) in [4.78, 5) is 12.5. The molecular weight excluding hydrogens is 398 g/mol. The van der Waals surface area contributed by atoms with E-state index in [-0.39, 0.29) is 5.91 Å². The van der Waals surface area contributed by atoms with E-state index in [0.717, 1.165) is 28.2 Å². The van der Waals surface area contributed by atoms with Gasteiger partial charge in [0.25, 0.3) is 5.91 Å². The molecule has 0 aliphatic carbocycles. The van der Waals surface area contributed by atoms with Gasteiger partial charge in [0.2, 0.25) is 0 Å². The first-order valence-corrected chi connectivity index (χ1v) is 10.4. The second-order valence-electron chi connectivity index (χ2n) is 7.37. The van der Waals surface area contributed by atoms with Crippen molar-refractivity contribution in [1.82, 2.24) is 15.1 Å². The zero-order chi connectivity index (χ0) is 21.8. The van der Waals surface area contributed by atoms with Crippen molar-refractivity contribution >= 4 is 5.91 Å². The summed E-state index contributed by atoms with van der Waals surface area (Å²) >= 11 is 0. The molecule has 5 rings (SSSR count). The van der Waals surface area contributed by atoms with E-state index in [2.05, 4.69) is 23.5 Å². The molecule has 3 aromatic carbocycles. The summed E-state index contributed by atoms with van der Waals surface area (Å²) in [6.45, 7) is 0.353. The van der Waals surface area contributed by atoms with E-state index < -0.39 is 0 Å². The minimum atomic E-state index is -0.151. The Labute approximate surface area is 186 Å². The molecule has 1 N–H and O–H groups in total. The number of hydrogen-bond acceptors (Lipinski definition) is 3. The highest BCUT2D eigenvalue weighted by Crippen LogP contribution is 2.28. The highest BCUT2D eigenvalue weighted by atomic mass is 16.3. The van der Waals surface area contributed by atoms with Crippen LogP contribution in [0.15, 0.2) is 114 Å². The average molecular weight is 419 g/mol. The summed E-state index contributed by atoms with van der Waals surface area (Å²) in [7, 11) is 0. The molecule has 0 unspecified atom stereocenters. The molecule has 0 saturated carbocycles. The molecule has 156 valence electrons. The predicted molar refractivity (Wildman–Crippen MR) is 124 cm³/mol. The summed E-state index contributed by atoms with van der Waals surface area (Å²) in [5.41, 5.74) is 5.47. The van der Waals surface area contributed by atoms with Gasteiger partial charge in [-0.15, -0.1) is 0 Å². The molecule has 1 amide bonds. The Morgan fingerprint density at radius 1 is 0.812 bits per heavy atom. The third kappa shape index (κ3) is 4.09. The van der Waals surface area contributed by atoms with E-state index in [1.165, 1.54) is 0 Å². The number of hydrogen-bond donors (Lipinski definition) is 1. The van der Waals surface area contributed by atoms with Crippen LogP contribution in [0.5, 0.6) is 0 Å². The smallest absolute Gasteiger partial charge is 0.251 e. The van der Waals surface area contributed by atoms with Crippen molar-refractivity contribution in [2.45, 2.75) is 6.54 Å². The monoisotopic (exact) mass is 419 g/mol. The van der Waals surface area contributed by atoms with Crippen molar-refractivity contribution < 1.29 is 9.21 Å². The van der Waals surface area contributed by atoms with Crippen LogP contribution >= 0.6 is 0 Å². The first-order chi connectivity index (χ1) is 15.8. The fraction of sp³-hybridized carbons (Fsp3) is 0.0370. The first-order valence-electron chi connectivity index (χ1n) is 10.4. The molecular formula is C27H21N3O2. The van der Waals surface area contributed by atoms with Gasteiger partial charge in [-0.1, -0.05) is 60.7 Å². The first kappa shape index (κ1) is 19.6. The predicted octanol–water partition coefficient (Wildman–Crippen LogP) is 5.73. The quantitative estimate of drug-likeness (QED) is 0.382. The maximum atomic E-state index is 12.5. The Balaban J connectivity index is 1.45. The van der Waals surface area contributed by atoms with Crippen molar-refractivity contribution in [2.24, 2.45) is 0 Å². The third-order valence-electron chi connectivity index (χ3n) is 5.23. The minimum Gasteiger partial charge on any atom is -0.467 e. The van der Waals surface area contributed by atoms with Crippen molar-refractivity contribution in [3.05, 3.63) is 121 Å². The van der Waals surface area contributed by atoms with Crippen LogP contribution in [0.25, 0.3) is 28.2 Å². The van der Waals surface area contributed by atoms with Crippen molar-refractivity contribution in [2.75, 3.05) is 0 Å². The Morgan fingerprint density at radius 3 is 2.16 bits per heavy atom. The molecule has 2 aromatic heterocycles. The van der Waals surface area contributed by atoms with Crippen LogP contribution in [0, 0.1) is 0 Å². The van der Waals surface area contributed by atoms with Gasteiger partial charge in [0.1, 0.15) is 5.76 Å². The second-order valence-corrected chi connectivity index (χ2v) is 7.37. The Kier molecular flexibility index (Phi) is 5.37. The number of nitrogens with zero attached hydrogens (tertiary/aromatic N) is 2. The molecule has 0 aliphatic rings. The number of nitrogens with one attached hydrogen (secondary N) is 1. The number of carbonyl (C=O) groups is 1. The van der Waals surface area contributed by atoms with Crippen LogP contribution in [-0.2, 0) is 6.54 Å². The summed E-state index contributed by atoms with van der Waals surface area (Å²) in [6.07, 6.45) is 1.59. The fourth-order valence-electron chi connectivity index (χ4n) is 3.58. The molecule has 5 nitrogen and oxygen atoms in total. The van der Waals surface area contributed by atoms with Crippen molar-refractivity contribution in [1.29, 1.82) is 0 Å². The maximum absolute atomic E-state index is 12.5. The molecule has 5 heteroatoms. The fourth-order valence-corrected chi connectivity index (χ4v) is 3.58. The van der Waals surface area contributed by atoms with Crippen LogP contribution < -0.4 is 5.32 Å². The Hall–Kier alpha value is -4.38. The third-order valence-corrected chi connectivity index (χ3v) is 5.23. The molecule has 0 fully saturated rings. The van der Waals surface area contributed by atoms with Gasteiger partial charge in [-0.05, 0) is 42.5 Å². The molecule has 0 saturated heterocycles. The Morgan fingerprint density at radius 2 is 1.50 bits per heavy atom.